The molecule has 0 bridgehead atoms. The Labute approximate surface area is 213 Å². The highest BCUT2D eigenvalue weighted by molar-refractivity contribution is 6.07. The zero-order chi connectivity index (χ0) is 27.5. The van der Waals surface area contributed by atoms with E-state index in [0.717, 1.165) is 0 Å². The Morgan fingerprint density at radius 2 is 1.73 bits per heavy atom. The van der Waals surface area contributed by atoms with Crippen molar-refractivity contribution in [3.63, 3.8) is 0 Å². The summed E-state index contributed by atoms with van der Waals surface area (Å²) < 4.78 is 0. The monoisotopic (exact) mass is 521 g/mol. The van der Waals surface area contributed by atoms with Gasteiger partial charge in [-0.15, -0.1) is 0 Å². The van der Waals surface area contributed by atoms with Crippen LogP contribution in [0, 0.1) is 5.92 Å². The highest BCUT2D eigenvalue weighted by Crippen LogP contribution is 2.05. The van der Waals surface area contributed by atoms with Crippen molar-refractivity contribution in [3.8, 4) is 0 Å². The van der Waals surface area contributed by atoms with Crippen LogP contribution in [0.15, 0.2) is 12.5 Å². The summed E-state index contributed by atoms with van der Waals surface area (Å²) in [4.78, 5) is 81.9. The first kappa shape index (κ1) is 29.2. The van der Waals surface area contributed by atoms with E-state index < -0.39 is 72.1 Å². The molecule has 15 nitrogen and oxygen atoms in total. The summed E-state index contributed by atoms with van der Waals surface area (Å²) in [6, 6.07) is -4.77. The summed E-state index contributed by atoms with van der Waals surface area (Å²) in [6.45, 7) is 2.93. The van der Waals surface area contributed by atoms with Crippen LogP contribution in [0.1, 0.15) is 38.8 Å². The maximum Gasteiger partial charge on any atom is 0.252 e. The molecule has 1 aliphatic rings. The molecule has 1 aromatic rings. The molecular weight excluding hydrogens is 486 g/mol. The fourth-order valence-corrected chi connectivity index (χ4v) is 3.58. The summed E-state index contributed by atoms with van der Waals surface area (Å²) in [6.07, 6.45) is 4.18. The maximum absolute atomic E-state index is 12.8. The largest absolute Gasteiger partial charge is 0.367 e. The number of nitrogens with one attached hydrogen (secondary N) is 6. The van der Waals surface area contributed by atoms with Gasteiger partial charge in [-0.05, 0) is 25.2 Å². The third-order valence-electron chi connectivity index (χ3n) is 5.70. The summed E-state index contributed by atoms with van der Waals surface area (Å²) in [7, 11) is 0. The van der Waals surface area contributed by atoms with E-state index >= 15 is 0 Å². The lowest BCUT2D eigenvalue weighted by Crippen LogP contribution is -2.60. The Hall–Kier alpha value is -4.01. The summed E-state index contributed by atoms with van der Waals surface area (Å²) in [5.74, 6) is -5.01. The van der Waals surface area contributed by atoms with Crippen molar-refractivity contribution in [1.29, 1.82) is 0 Å². The molecule has 0 unspecified atom stereocenters. The van der Waals surface area contributed by atoms with Crippen molar-refractivity contribution >= 4 is 35.4 Å². The van der Waals surface area contributed by atoms with Crippen molar-refractivity contribution in [3.05, 3.63) is 18.2 Å². The minimum absolute atomic E-state index is 0.0486. The van der Waals surface area contributed by atoms with Crippen LogP contribution >= 0.6 is 0 Å². The normalized spacial score (nSPS) is 25.5. The average molecular weight is 522 g/mol. The van der Waals surface area contributed by atoms with E-state index in [2.05, 4.69) is 36.6 Å². The van der Waals surface area contributed by atoms with Crippen LogP contribution in [-0.4, -0.2) is 82.7 Å². The van der Waals surface area contributed by atoms with E-state index in [0.29, 0.717) is 18.5 Å². The SMILES string of the molecule is CC(C)[C@@H]1NC(=O)CNC(=O)[C@H](Cc2c[nH]cn2)NC(=O)[C@@H](N)CCCCNC(=O)[C@@H](C(N)=O)NC1=O. The first-order valence-corrected chi connectivity index (χ1v) is 12.0. The Morgan fingerprint density at radius 1 is 1.00 bits per heavy atom. The van der Waals surface area contributed by atoms with Gasteiger partial charge in [-0.3, -0.25) is 28.8 Å². The summed E-state index contributed by atoms with van der Waals surface area (Å²) in [5, 5.41) is 12.3. The molecule has 2 heterocycles. The van der Waals surface area contributed by atoms with Gasteiger partial charge in [-0.25, -0.2) is 4.98 Å². The van der Waals surface area contributed by atoms with Gasteiger partial charge < -0.3 is 43.0 Å². The number of aromatic nitrogens is 2. The van der Waals surface area contributed by atoms with Crippen molar-refractivity contribution in [1.82, 2.24) is 36.6 Å². The number of carbonyl (C=O) groups excluding carboxylic acids is 6. The lowest BCUT2D eigenvalue weighted by molar-refractivity contribution is -0.137. The predicted molar refractivity (Wildman–Crippen MR) is 130 cm³/mol. The molecule has 1 aliphatic heterocycles. The molecule has 10 N–H and O–H groups in total. The van der Waals surface area contributed by atoms with Crippen LogP contribution in [0.25, 0.3) is 0 Å². The molecule has 204 valence electrons. The second-order valence-electron chi connectivity index (χ2n) is 9.07. The minimum Gasteiger partial charge on any atom is -0.367 e. The molecule has 37 heavy (non-hydrogen) atoms. The molecule has 4 atom stereocenters. The third kappa shape index (κ3) is 9.18. The van der Waals surface area contributed by atoms with E-state index in [1.54, 1.807) is 20.0 Å². The topological polar surface area (TPSA) is 243 Å². The van der Waals surface area contributed by atoms with Gasteiger partial charge in [0, 0.05) is 19.2 Å². The van der Waals surface area contributed by atoms with E-state index in [9.17, 15) is 28.8 Å². The molecule has 6 amide bonds. The number of amides is 6. The van der Waals surface area contributed by atoms with Crippen molar-refractivity contribution in [2.45, 2.75) is 63.7 Å². The molecule has 0 aliphatic carbocycles. The first-order chi connectivity index (χ1) is 17.5. The summed E-state index contributed by atoms with van der Waals surface area (Å²) in [5.41, 5.74) is 11.8. The second kappa shape index (κ2) is 13.9. The van der Waals surface area contributed by atoms with E-state index in [1.807, 2.05) is 0 Å². The van der Waals surface area contributed by atoms with Crippen LogP contribution in [0.3, 0.4) is 0 Å². The highest BCUT2D eigenvalue weighted by Gasteiger charge is 2.32. The molecule has 15 heteroatoms. The third-order valence-corrected chi connectivity index (χ3v) is 5.70. The maximum atomic E-state index is 12.8. The van der Waals surface area contributed by atoms with Gasteiger partial charge in [0.15, 0.2) is 6.04 Å². The number of aromatic amines is 1. The number of imidazole rings is 1. The van der Waals surface area contributed by atoms with Crippen molar-refractivity contribution in [2.75, 3.05) is 13.1 Å². The van der Waals surface area contributed by atoms with Gasteiger partial charge >= 0.3 is 0 Å². The lowest BCUT2D eigenvalue weighted by Gasteiger charge is -2.24. The lowest BCUT2D eigenvalue weighted by atomic mass is 10.0. The standard InChI is InChI=1S/C22H35N9O6/c1-11(2)16-22(37)31-17(18(24)33)21(36)26-6-4-3-5-13(23)19(34)29-14(7-12-8-25-10-28-12)20(35)27-9-15(32)30-16/h8,10-11,13-14,16-17H,3-7,9,23H2,1-2H3,(H2,24,33)(H,25,28)(H,26,36)(H,27,35)(H,29,34)(H,30,32)(H,31,37)/t13-,14-,16-,17+/m0/s1. The Balaban J connectivity index is 2.23. The number of hydrogen-bond donors (Lipinski definition) is 8. The molecular formula is C22H35N9O6. The van der Waals surface area contributed by atoms with Gasteiger partial charge in [0.25, 0.3) is 5.91 Å². The number of carbonyl (C=O) groups is 6. The molecule has 1 aromatic heterocycles. The number of hydrogen-bond acceptors (Lipinski definition) is 8. The predicted octanol–water partition coefficient (Wildman–Crippen LogP) is -3.71. The van der Waals surface area contributed by atoms with Gasteiger partial charge in [0.05, 0.1) is 24.6 Å². The number of H-pyrrole nitrogens is 1. The molecule has 1 fully saturated rings. The smallest absolute Gasteiger partial charge is 0.252 e. The van der Waals surface area contributed by atoms with Crippen LogP contribution < -0.4 is 38.1 Å². The Bertz CT molecular complexity index is 981. The van der Waals surface area contributed by atoms with E-state index in [1.165, 1.54) is 6.33 Å². The van der Waals surface area contributed by atoms with E-state index in [-0.39, 0.29) is 19.4 Å². The number of rotatable bonds is 4. The minimum atomic E-state index is -1.65. The number of nitrogens with zero attached hydrogens (tertiary/aromatic N) is 1. The zero-order valence-electron chi connectivity index (χ0n) is 20.8. The van der Waals surface area contributed by atoms with Gasteiger partial charge in [0.2, 0.25) is 29.5 Å². The highest BCUT2D eigenvalue weighted by atomic mass is 16.2. The van der Waals surface area contributed by atoms with Crippen molar-refractivity contribution < 1.29 is 28.8 Å². The van der Waals surface area contributed by atoms with Crippen LogP contribution in [0.2, 0.25) is 0 Å². The average Bonchev–Trinajstić information content (AvgIpc) is 3.35. The number of primary amides is 1. The van der Waals surface area contributed by atoms with Gasteiger partial charge in [-0.2, -0.15) is 0 Å². The fourth-order valence-electron chi connectivity index (χ4n) is 3.58. The van der Waals surface area contributed by atoms with Gasteiger partial charge in [0.1, 0.15) is 12.1 Å². The van der Waals surface area contributed by atoms with E-state index in [4.69, 9.17) is 11.5 Å². The Kier molecular flexibility index (Phi) is 11.0. The molecule has 0 spiro atoms. The van der Waals surface area contributed by atoms with Crippen LogP contribution in [0.4, 0.5) is 0 Å². The van der Waals surface area contributed by atoms with Crippen LogP contribution in [0.5, 0.6) is 0 Å². The number of nitrogens with two attached hydrogens (primary N) is 2. The van der Waals surface area contributed by atoms with Gasteiger partial charge in [-0.1, -0.05) is 13.8 Å². The molecule has 2 rings (SSSR count). The van der Waals surface area contributed by atoms with Crippen LogP contribution in [-0.2, 0) is 35.2 Å². The second-order valence-corrected chi connectivity index (χ2v) is 9.07. The fraction of sp³-hybridized carbons (Fsp3) is 0.591. The molecule has 0 saturated carbocycles. The Morgan fingerprint density at radius 3 is 2.35 bits per heavy atom. The molecule has 0 aromatic carbocycles. The molecule has 0 radical (unpaired) electrons. The van der Waals surface area contributed by atoms with Crippen molar-refractivity contribution in [2.24, 2.45) is 17.4 Å². The summed E-state index contributed by atoms with van der Waals surface area (Å²) >= 11 is 0. The molecule has 1 saturated heterocycles. The quantitative estimate of drug-likeness (QED) is 0.183. The first-order valence-electron chi connectivity index (χ1n) is 12.0. The zero-order valence-corrected chi connectivity index (χ0v) is 20.8.